The molecule has 0 spiro atoms. The van der Waals surface area contributed by atoms with Crippen molar-refractivity contribution in [2.45, 2.75) is 91.9 Å². The maximum atomic E-state index is 12.7. The lowest BCUT2D eigenvalue weighted by molar-refractivity contribution is -0.156. The highest BCUT2D eigenvalue weighted by Crippen LogP contribution is 2.27. The van der Waals surface area contributed by atoms with Crippen LogP contribution in [-0.2, 0) is 25.7 Å². The summed E-state index contributed by atoms with van der Waals surface area (Å²) < 4.78 is 11.2. The van der Waals surface area contributed by atoms with E-state index in [0.29, 0.717) is 25.6 Å². The van der Waals surface area contributed by atoms with Gasteiger partial charge >= 0.3 is 11.9 Å². The molecule has 2 fully saturated rings. The molecule has 2 aliphatic heterocycles. The molecule has 8 nitrogen and oxygen atoms in total. The predicted octanol–water partition coefficient (Wildman–Crippen LogP) is 4.67. The number of esters is 2. The van der Waals surface area contributed by atoms with Gasteiger partial charge in [-0.25, -0.2) is 0 Å². The van der Waals surface area contributed by atoms with Crippen LogP contribution < -0.4 is 0 Å². The minimum atomic E-state index is -0.451. The van der Waals surface area contributed by atoms with Crippen molar-refractivity contribution < 1.29 is 19.1 Å². The molecule has 2 saturated heterocycles. The van der Waals surface area contributed by atoms with Gasteiger partial charge in [0.25, 0.3) is 0 Å². The first kappa shape index (κ1) is 34.5. The number of carbonyl (C=O) groups is 2. The van der Waals surface area contributed by atoms with Gasteiger partial charge in [0, 0.05) is 58.3 Å². The Kier molecular flexibility index (Phi) is 13.7. The summed E-state index contributed by atoms with van der Waals surface area (Å²) in [5.74, 6) is -0.238. The number of carbonyl (C=O) groups excluding carboxylic acids is 2. The highest BCUT2D eigenvalue weighted by atomic mass is 16.6. The number of fused-ring (bicyclic) bond motifs is 3. The first-order chi connectivity index (χ1) is 19.9. The number of hydrogen-bond donors (Lipinski definition) is 0. The SMILES string of the molecule is CC(C)(C)C[C@@H](CCC(=O)OCc1ccccc1)N1CCCN2CCN(CCCN(CC(=O)OC(C)(C)C)CC2)CC1. The van der Waals surface area contributed by atoms with E-state index in [4.69, 9.17) is 9.47 Å². The van der Waals surface area contributed by atoms with Crippen LogP contribution in [0, 0.1) is 5.41 Å². The number of hydrogen-bond acceptors (Lipinski definition) is 8. The van der Waals surface area contributed by atoms with E-state index in [9.17, 15) is 9.59 Å². The third kappa shape index (κ3) is 14.0. The normalized spacial score (nSPS) is 22.7. The number of ether oxygens (including phenoxy) is 2. The van der Waals surface area contributed by atoms with Crippen LogP contribution in [0.15, 0.2) is 30.3 Å². The highest BCUT2D eigenvalue weighted by molar-refractivity contribution is 5.72. The molecule has 0 radical (unpaired) electrons. The Morgan fingerprint density at radius 2 is 1.38 bits per heavy atom. The maximum absolute atomic E-state index is 12.7. The number of benzene rings is 1. The van der Waals surface area contributed by atoms with Gasteiger partial charge in [0.2, 0.25) is 0 Å². The first-order valence-corrected chi connectivity index (χ1v) is 16.2. The van der Waals surface area contributed by atoms with Gasteiger partial charge in [-0.15, -0.1) is 0 Å². The molecule has 42 heavy (non-hydrogen) atoms. The lowest BCUT2D eigenvalue weighted by Gasteiger charge is -2.39. The Morgan fingerprint density at radius 3 is 2.02 bits per heavy atom. The van der Waals surface area contributed by atoms with Gasteiger partial charge in [-0.1, -0.05) is 51.1 Å². The summed E-state index contributed by atoms with van der Waals surface area (Å²) in [6.07, 6.45) is 4.48. The smallest absolute Gasteiger partial charge is 0.320 e. The summed E-state index contributed by atoms with van der Waals surface area (Å²) in [6.45, 7) is 23.5. The zero-order chi connectivity index (χ0) is 30.6. The molecule has 238 valence electrons. The Bertz CT molecular complexity index is 943. The average molecular weight is 587 g/mol. The Hall–Kier alpha value is -2.00. The standard InChI is InChI=1S/C34H58N4O4/c1-33(2,3)26-30(14-15-31(39)41-28-29-12-8-7-9-13-29)38-19-11-17-35-20-21-36(24-25-38)16-10-18-37(23-22-35)27-32(40)42-34(4,5)6/h7-9,12-13,30H,10-11,14-28H2,1-6H3/t30-/m1/s1. The molecule has 3 rings (SSSR count). The van der Waals surface area contributed by atoms with Crippen LogP contribution in [0.2, 0.25) is 0 Å². The van der Waals surface area contributed by atoms with Gasteiger partial charge in [0.15, 0.2) is 0 Å². The van der Waals surface area contributed by atoms with Crippen molar-refractivity contribution in [2.75, 3.05) is 72.0 Å². The lowest BCUT2D eigenvalue weighted by Crippen LogP contribution is -2.49. The summed E-state index contributed by atoms with van der Waals surface area (Å²) >= 11 is 0. The Balaban J connectivity index is 1.59. The fourth-order valence-corrected chi connectivity index (χ4v) is 6.04. The van der Waals surface area contributed by atoms with Crippen LogP contribution in [-0.4, -0.2) is 115 Å². The van der Waals surface area contributed by atoms with E-state index in [-0.39, 0.29) is 17.4 Å². The van der Waals surface area contributed by atoms with Gasteiger partial charge in [-0.2, -0.15) is 0 Å². The second-order valence-corrected chi connectivity index (χ2v) is 14.4. The number of nitrogens with zero attached hydrogens (tertiary/aromatic N) is 4. The zero-order valence-electron chi connectivity index (χ0n) is 27.4. The Labute approximate surface area is 255 Å². The summed E-state index contributed by atoms with van der Waals surface area (Å²) in [5, 5.41) is 0. The van der Waals surface area contributed by atoms with Crippen molar-refractivity contribution in [3.63, 3.8) is 0 Å². The second-order valence-electron chi connectivity index (χ2n) is 14.4. The summed E-state index contributed by atoms with van der Waals surface area (Å²) in [5.41, 5.74) is 0.754. The summed E-state index contributed by atoms with van der Waals surface area (Å²) in [6, 6.07) is 10.3. The molecule has 0 amide bonds. The third-order valence-electron chi connectivity index (χ3n) is 8.10. The van der Waals surface area contributed by atoms with Crippen LogP contribution in [0.3, 0.4) is 0 Å². The molecular weight excluding hydrogens is 528 g/mol. The molecule has 8 heteroatoms. The van der Waals surface area contributed by atoms with Crippen LogP contribution in [0.5, 0.6) is 0 Å². The van der Waals surface area contributed by atoms with Crippen LogP contribution in [0.25, 0.3) is 0 Å². The van der Waals surface area contributed by atoms with Crippen LogP contribution >= 0.6 is 0 Å². The fraction of sp³-hybridized carbons (Fsp3) is 0.765. The molecule has 2 unspecified atom stereocenters. The van der Waals surface area contributed by atoms with Gasteiger partial charge in [0.1, 0.15) is 12.2 Å². The monoisotopic (exact) mass is 586 g/mol. The van der Waals surface area contributed by atoms with Crippen molar-refractivity contribution in [2.24, 2.45) is 5.41 Å². The molecule has 0 N–H and O–H groups in total. The zero-order valence-corrected chi connectivity index (χ0v) is 27.4. The van der Waals surface area contributed by atoms with Gasteiger partial charge < -0.3 is 19.3 Å². The second kappa shape index (κ2) is 16.7. The lowest BCUT2D eigenvalue weighted by atomic mass is 9.85. The molecule has 0 saturated carbocycles. The molecule has 1 aromatic rings. The molecule has 0 aliphatic carbocycles. The van der Waals surface area contributed by atoms with Crippen molar-refractivity contribution in [3.8, 4) is 0 Å². The quantitative estimate of drug-likeness (QED) is 0.387. The molecule has 2 bridgehead atoms. The topological polar surface area (TPSA) is 65.6 Å². The van der Waals surface area contributed by atoms with E-state index in [1.54, 1.807) is 0 Å². The number of rotatable bonds is 9. The molecule has 2 aliphatic rings. The highest BCUT2D eigenvalue weighted by Gasteiger charge is 2.27. The minimum Gasteiger partial charge on any atom is -0.461 e. The minimum absolute atomic E-state index is 0.107. The van der Waals surface area contributed by atoms with E-state index < -0.39 is 5.60 Å². The summed E-state index contributed by atoms with van der Waals surface area (Å²) in [7, 11) is 0. The Morgan fingerprint density at radius 1 is 0.762 bits per heavy atom. The maximum Gasteiger partial charge on any atom is 0.320 e. The summed E-state index contributed by atoms with van der Waals surface area (Å²) in [4.78, 5) is 35.4. The van der Waals surface area contributed by atoms with E-state index in [2.05, 4.69) is 40.4 Å². The van der Waals surface area contributed by atoms with Gasteiger partial charge in [-0.3, -0.25) is 19.4 Å². The van der Waals surface area contributed by atoms with Gasteiger partial charge in [-0.05, 0) is 77.1 Å². The van der Waals surface area contributed by atoms with Crippen LogP contribution in [0.4, 0.5) is 0 Å². The predicted molar refractivity (Wildman–Crippen MR) is 169 cm³/mol. The van der Waals surface area contributed by atoms with Crippen LogP contribution in [0.1, 0.15) is 79.2 Å². The largest absolute Gasteiger partial charge is 0.461 e. The third-order valence-corrected chi connectivity index (χ3v) is 8.10. The van der Waals surface area contributed by atoms with Gasteiger partial charge in [0.05, 0.1) is 6.54 Å². The molecule has 0 aromatic heterocycles. The molecule has 3 atom stereocenters. The fourth-order valence-electron chi connectivity index (χ4n) is 6.04. The molecule has 1 aromatic carbocycles. The van der Waals surface area contributed by atoms with Crippen molar-refractivity contribution >= 4 is 11.9 Å². The average Bonchev–Trinajstić information content (AvgIpc) is 2.91. The van der Waals surface area contributed by atoms with E-state index >= 15 is 0 Å². The van der Waals surface area contributed by atoms with Crippen molar-refractivity contribution in [1.82, 2.24) is 19.6 Å². The van der Waals surface area contributed by atoms with E-state index in [1.165, 1.54) is 0 Å². The van der Waals surface area contributed by atoms with Crippen molar-refractivity contribution in [1.29, 1.82) is 0 Å². The molecular formula is C34H58N4O4. The van der Waals surface area contributed by atoms with E-state index in [0.717, 1.165) is 96.7 Å². The van der Waals surface area contributed by atoms with E-state index in [1.807, 2.05) is 51.1 Å². The molecule has 2 heterocycles. The first-order valence-electron chi connectivity index (χ1n) is 16.2. The van der Waals surface area contributed by atoms with Crippen molar-refractivity contribution in [3.05, 3.63) is 35.9 Å².